The van der Waals surface area contributed by atoms with Gasteiger partial charge in [0.05, 0.1) is 6.61 Å². The normalized spacial score (nSPS) is 31.0. The Morgan fingerprint density at radius 1 is 1.50 bits per heavy atom. The zero-order chi connectivity index (χ0) is 9.03. The average molecular weight is 235 g/mol. The molecule has 1 aliphatic rings. The zero-order valence-corrected chi connectivity index (χ0v) is 9.69. The molecular formula is C10H19BrO. The van der Waals surface area contributed by atoms with Gasteiger partial charge < -0.3 is 4.74 Å². The van der Waals surface area contributed by atoms with Crippen LogP contribution in [0.15, 0.2) is 0 Å². The highest BCUT2D eigenvalue weighted by atomic mass is 79.9. The van der Waals surface area contributed by atoms with Gasteiger partial charge in [0, 0.05) is 17.4 Å². The summed E-state index contributed by atoms with van der Waals surface area (Å²) in [7, 11) is 0. The van der Waals surface area contributed by atoms with Gasteiger partial charge in [-0.2, -0.15) is 0 Å². The Morgan fingerprint density at radius 3 is 2.67 bits per heavy atom. The lowest BCUT2D eigenvalue weighted by atomic mass is 9.78. The van der Waals surface area contributed by atoms with Crippen LogP contribution >= 0.6 is 15.9 Å². The summed E-state index contributed by atoms with van der Waals surface area (Å²) in [6.07, 6.45) is 3.85. The molecule has 0 aliphatic carbocycles. The number of hydrogen-bond acceptors (Lipinski definition) is 1. The Kier molecular flexibility index (Phi) is 4.04. The number of hydrogen-bond donors (Lipinski definition) is 0. The van der Waals surface area contributed by atoms with Gasteiger partial charge in [0.25, 0.3) is 0 Å². The molecule has 1 fully saturated rings. The highest BCUT2D eigenvalue weighted by Crippen LogP contribution is 2.36. The van der Waals surface area contributed by atoms with Crippen molar-refractivity contribution >= 4 is 15.9 Å². The van der Waals surface area contributed by atoms with Gasteiger partial charge in [0.15, 0.2) is 0 Å². The van der Waals surface area contributed by atoms with Gasteiger partial charge in [-0.15, -0.1) is 0 Å². The molecule has 0 N–H and O–H groups in total. The van der Waals surface area contributed by atoms with Crippen molar-refractivity contribution in [2.75, 3.05) is 18.5 Å². The molecule has 1 saturated heterocycles. The Labute approximate surface area is 84.0 Å². The largest absolute Gasteiger partial charge is 0.381 e. The van der Waals surface area contributed by atoms with Crippen LogP contribution in [0.1, 0.15) is 33.1 Å². The molecule has 1 aliphatic heterocycles. The van der Waals surface area contributed by atoms with E-state index in [4.69, 9.17) is 4.74 Å². The summed E-state index contributed by atoms with van der Waals surface area (Å²) < 4.78 is 5.55. The van der Waals surface area contributed by atoms with E-state index >= 15 is 0 Å². The quantitative estimate of drug-likeness (QED) is 0.682. The molecule has 72 valence electrons. The molecule has 0 aromatic heterocycles. The third-order valence-electron chi connectivity index (χ3n) is 2.53. The lowest BCUT2D eigenvalue weighted by Crippen LogP contribution is -2.34. The van der Waals surface area contributed by atoms with Crippen LogP contribution in [0.25, 0.3) is 0 Å². The number of ether oxygens (including phenoxy) is 1. The zero-order valence-electron chi connectivity index (χ0n) is 8.11. The predicted octanol–water partition coefficient (Wildman–Crippen LogP) is 3.22. The summed E-state index contributed by atoms with van der Waals surface area (Å²) in [6, 6.07) is 0. The summed E-state index contributed by atoms with van der Waals surface area (Å²) in [5.41, 5.74) is 0.437. The summed E-state index contributed by atoms with van der Waals surface area (Å²) in [4.78, 5) is 0. The van der Waals surface area contributed by atoms with Crippen LogP contribution in [0, 0.1) is 11.3 Å². The maximum absolute atomic E-state index is 5.55. The first-order chi connectivity index (χ1) is 5.68. The monoisotopic (exact) mass is 234 g/mol. The van der Waals surface area contributed by atoms with Crippen LogP contribution in [0.2, 0.25) is 0 Å². The van der Waals surface area contributed by atoms with Crippen LogP contribution in [0.3, 0.4) is 0 Å². The van der Waals surface area contributed by atoms with E-state index in [0.717, 1.165) is 24.5 Å². The Bertz CT molecular complexity index is 128. The van der Waals surface area contributed by atoms with Gasteiger partial charge in [0.2, 0.25) is 0 Å². The van der Waals surface area contributed by atoms with Crippen molar-refractivity contribution in [1.29, 1.82) is 0 Å². The van der Waals surface area contributed by atoms with E-state index in [-0.39, 0.29) is 0 Å². The van der Waals surface area contributed by atoms with Crippen molar-refractivity contribution < 1.29 is 4.74 Å². The second kappa shape index (κ2) is 4.61. The third-order valence-corrected chi connectivity index (χ3v) is 3.72. The van der Waals surface area contributed by atoms with Crippen LogP contribution in [-0.4, -0.2) is 18.5 Å². The summed E-state index contributed by atoms with van der Waals surface area (Å²) in [6.45, 7) is 6.50. The summed E-state index contributed by atoms with van der Waals surface area (Å²) in [5, 5.41) is 1.10. The van der Waals surface area contributed by atoms with E-state index in [2.05, 4.69) is 29.8 Å². The number of rotatable bonds is 3. The fraction of sp³-hybridized carbons (Fsp3) is 1.00. The van der Waals surface area contributed by atoms with E-state index in [1.807, 2.05) is 0 Å². The minimum atomic E-state index is 0.437. The van der Waals surface area contributed by atoms with Crippen molar-refractivity contribution in [3.05, 3.63) is 0 Å². The van der Waals surface area contributed by atoms with Crippen LogP contribution in [0.4, 0.5) is 0 Å². The first kappa shape index (κ1) is 10.5. The molecule has 0 radical (unpaired) electrons. The molecule has 1 nitrogen and oxygen atoms in total. The molecule has 0 aromatic rings. The summed E-state index contributed by atoms with van der Waals surface area (Å²) in [5.74, 6) is 0.782. The van der Waals surface area contributed by atoms with Gasteiger partial charge in [-0.1, -0.05) is 29.8 Å². The Balaban J connectivity index is 2.48. The standard InChI is InChI=1S/C10H19BrO/c1-9(2)6-10(7-11)4-3-5-12-8-10/h9H,3-8H2,1-2H3. The Hall–Kier alpha value is 0.440. The van der Waals surface area contributed by atoms with E-state index in [0.29, 0.717) is 5.41 Å². The molecule has 2 heteroatoms. The fourth-order valence-electron chi connectivity index (χ4n) is 2.10. The first-order valence-corrected chi connectivity index (χ1v) is 5.94. The second-order valence-electron chi connectivity index (χ2n) is 4.39. The Morgan fingerprint density at radius 2 is 2.25 bits per heavy atom. The molecule has 1 unspecified atom stereocenters. The molecule has 1 heterocycles. The molecule has 0 spiro atoms. The number of halogens is 1. The summed E-state index contributed by atoms with van der Waals surface area (Å²) >= 11 is 3.62. The fourth-order valence-corrected chi connectivity index (χ4v) is 2.77. The second-order valence-corrected chi connectivity index (χ2v) is 4.95. The average Bonchev–Trinajstić information content (AvgIpc) is 2.05. The molecular weight excluding hydrogens is 216 g/mol. The minimum absolute atomic E-state index is 0.437. The topological polar surface area (TPSA) is 9.23 Å². The molecule has 0 saturated carbocycles. The van der Waals surface area contributed by atoms with Gasteiger partial charge in [-0.25, -0.2) is 0 Å². The van der Waals surface area contributed by atoms with E-state index in [1.165, 1.54) is 19.3 Å². The van der Waals surface area contributed by atoms with Crippen LogP contribution in [0.5, 0.6) is 0 Å². The van der Waals surface area contributed by atoms with Crippen molar-refractivity contribution in [2.45, 2.75) is 33.1 Å². The molecule has 1 atom stereocenters. The van der Waals surface area contributed by atoms with E-state index in [9.17, 15) is 0 Å². The van der Waals surface area contributed by atoms with Crippen molar-refractivity contribution in [3.63, 3.8) is 0 Å². The van der Waals surface area contributed by atoms with Crippen molar-refractivity contribution in [2.24, 2.45) is 11.3 Å². The maximum atomic E-state index is 5.55. The first-order valence-electron chi connectivity index (χ1n) is 4.82. The SMILES string of the molecule is CC(C)CC1(CBr)CCCOC1. The highest BCUT2D eigenvalue weighted by Gasteiger charge is 2.32. The molecule has 12 heavy (non-hydrogen) atoms. The number of alkyl halides is 1. The van der Waals surface area contributed by atoms with Gasteiger partial charge in [0.1, 0.15) is 0 Å². The predicted molar refractivity (Wildman–Crippen MR) is 55.7 cm³/mol. The van der Waals surface area contributed by atoms with E-state index in [1.54, 1.807) is 0 Å². The van der Waals surface area contributed by atoms with Crippen LogP contribution < -0.4 is 0 Å². The molecule has 1 rings (SSSR count). The maximum Gasteiger partial charge on any atom is 0.0530 e. The van der Waals surface area contributed by atoms with Crippen LogP contribution in [-0.2, 0) is 4.74 Å². The molecule has 0 bridgehead atoms. The van der Waals surface area contributed by atoms with Crippen molar-refractivity contribution in [3.8, 4) is 0 Å². The lowest BCUT2D eigenvalue weighted by molar-refractivity contribution is -0.00465. The van der Waals surface area contributed by atoms with E-state index < -0.39 is 0 Å². The minimum Gasteiger partial charge on any atom is -0.381 e. The smallest absolute Gasteiger partial charge is 0.0530 e. The lowest BCUT2D eigenvalue weighted by Gasteiger charge is -2.36. The van der Waals surface area contributed by atoms with Gasteiger partial charge in [-0.3, -0.25) is 0 Å². The molecule has 0 amide bonds. The van der Waals surface area contributed by atoms with Gasteiger partial charge in [-0.05, 0) is 25.2 Å². The highest BCUT2D eigenvalue weighted by molar-refractivity contribution is 9.09. The van der Waals surface area contributed by atoms with Crippen molar-refractivity contribution in [1.82, 2.24) is 0 Å². The third kappa shape index (κ3) is 2.74. The molecule has 0 aromatic carbocycles. The van der Waals surface area contributed by atoms with Gasteiger partial charge >= 0.3 is 0 Å².